The monoisotopic (exact) mass is 348 g/mol. The molecule has 2 aliphatic rings. The van der Waals surface area contributed by atoms with Crippen molar-refractivity contribution < 1.29 is 17.9 Å². The number of nitrogens with one attached hydrogen (secondary N) is 1. The van der Waals surface area contributed by atoms with Gasteiger partial charge in [-0.25, -0.2) is 13.1 Å². The highest BCUT2D eigenvalue weighted by molar-refractivity contribution is 7.89. The molecule has 1 saturated carbocycles. The first-order valence-electron chi connectivity index (χ1n) is 7.23. The lowest BCUT2D eigenvalue weighted by Crippen LogP contribution is -2.40. The van der Waals surface area contributed by atoms with Gasteiger partial charge in [-0.3, -0.25) is 0 Å². The summed E-state index contributed by atoms with van der Waals surface area (Å²) in [6.45, 7) is 0.794. The Bertz CT molecular complexity index is 615. The molecular weight excluding hydrogens is 328 g/mol. The minimum atomic E-state index is -3.61. The van der Waals surface area contributed by atoms with E-state index in [4.69, 9.17) is 15.2 Å². The largest absolute Gasteiger partial charge is 0.486 e. The van der Waals surface area contributed by atoms with Crippen molar-refractivity contribution in [1.29, 1.82) is 0 Å². The number of halogens is 1. The van der Waals surface area contributed by atoms with Crippen molar-refractivity contribution in [1.82, 2.24) is 4.72 Å². The molecule has 0 spiro atoms. The summed E-state index contributed by atoms with van der Waals surface area (Å²) in [5.74, 6) is 0.790. The molecule has 124 valence electrons. The van der Waals surface area contributed by atoms with E-state index in [2.05, 4.69) is 4.72 Å². The van der Waals surface area contributed by atoms with Crippen LogP contribution in [-0.4, -0.2) is 33.7 Å². The van der Waals surface area contributed by atoms with Crippen LogP contribution in [0.15, 0.2) is 23.1 Å². The number of nitrogens with two attached hydrogens (primary N) is 1. The second-order valence-electron chi connectivity index (χ2n) is 5.51. The summed E-state index contributed by atoms with van der Waals surface area (Å²) in [7, 11) is -3.61. The summed E-state index contributed by atoms with van der Waals surface area (Å²) in [5, 5.41) is 0. The number of hydrogen-bond donors (Lipinski definition) is 2. The first-order chi connectivity index (χ1) is 10.1. The molecule has 6 nitrogen and oxygen atoms in total. The van der Waals surface area contributed by atoms with Crippen LogP contribution in [0.2, 0.25) is 0 Å². The van der Waals surface area contributed by atoms with Crippen LogP contribution >= 0.6 is 12.4 Å². The number of ether oxygens (including phenoxy) is 2. The van der Waals surface area contributed by atoms with Gasteiger partial charge in [-0.2, -0.15) is 0 Å². The van der Waals surface area contributed by atoms with Crippen LogP contribution in [0.3, 0.4) is 0 Å². The number of para-hydroxylation sites is 1. The zero-order valence-corrected chi connectivity index (χ0v) is 13.8. The fraction of sp³-hybridized carbons (Fsp3) is 0.571. The average molecular weight is 349 g/mol. The second-order valence-corrected chi connectivity index (χ2v) is 7.20. The number of fused-ring (bicyclic) bond motifs is 1. The summed E-state index contributed by atoms with van der Waals surface area (Å²) in [6, 6.07) is 5.05. The van der Waals surface area contributed by atoms with Gasteiger partial charge in [0.05, 0.1) is 0 Å². The topological polar surface area (TPSA) is 90.7 Å². The first kappa shape index (κ1) is 17.3. The molecular formula is C14H21ClN2O4S. The summed E-state index contributed by atoms with van der Waals surface area (Å²) < 4.78 is 38.8. The molecule has 0 bridgehead atoms. The molecule has 22 heavy (non-hydrogen) atoms. The van der Waals surface area contributed by atoms with Gasteiger partial charge in [-0.15, -0.1) is 12.4 Å². The first-order valence-corrected chi connectivity index (χ1v) is 8.71. The zero-order valence-electron chi connectivity index (χ0n) is 12.2. The normalized spacial score (nSPS) is 24.4. The minimum absolute atomic E-state index is 0. The quantitative estimate of drug-likeness (QED) is 0.862. The van der Waals surface area contributed by atoms with Gasteiger partial charge in [0.15, 0.2) is 11.5 Å². The summed E-state index contributed by atoms with van der Waals surface area (Å²) in [6.07, 6.45) is 3.24. The zero-order chi connectivity index (χ0) is 14.9. The predicted molar refractivity (Wildman–Crippen MR) is 85.2 cm³/mol. The maximum atomic E-state index is 12.6. The van der Waals surface area contributed by atoms with Crippen LogP contribution < -0.4 is 19.9 Å². The molecule has 1 aliphatic carbocycles. The van der Waals surface area contributed by atoms with E-state index in [9.17, 15) is 8.42 Å². The maximum absolute atomic E-state index is 12.6. The van der Waals surface area contributed by atoms with Gasteiger partial charge < -0.3 is 15.2 Å². The SMILES string of the molecule is Cl.NC1CCC(NS(=O)(=O)c2cccc3c2OCCO3)CC1. The minimum Gasteiger partial charge on any atom is -0.486 e. The van der Waals surface area contributed by atoms with E-state index in [0.29, 0.717) is 24.7 Å². The maximum Gasteiger partial charge on any atom is 0.244 e. The lowest BCUT2D eigenvalue weighted by Gasteiger charge is -2.27. The van der Waals surface area contributed by atoms with Crippen molar-refractivity contribution in [3.8, 4) is 11.5 Å². The van der Waals surface area contributed by atoms with Gasteiger partial charge in [0, 0.05) is 12.1 Å². The third-order valence-corrected chi connectivity index (χ3v) is 5.46. The Hall–Kier alpha value is -1.02. The molecule has 8 heteroatoms. The number of rotatable bonds is 3. The highest BCUT2D eigenvalue weighted by Gasteiger charge is 2.29. The molecule has 3 N–H and O–H groups in total. The van der Waals surface area contributed by atoms with Gasteiger partial charge in [-0.1, -0.05) is 6.07 Å². The van der Waals surface area contributed by atoms with Crippen LogP contribution in [0.1, 0.15) is 25.7 Å². The molecule has 1 aromatic carbocycles. The van der Waals surface area contributed by atoms with Crippen molar-refractivity contribution in [2.45, 2.75) is 42.7 Å². The average Bonchev–Trinajstić information content (AvgIpc) is 2.49. The van der Waals surface area contributed by atoms with Crippen LogP contribution in [0.5, 0.6) is 11.5 Å². The fourth-order valence-corrected chi connectivity index (χ4v) is 4.24. The Labute approximate surface area is 136 Å². The Balaban J connectivity index is 0.00000176. The molecule has 0 unspecified atom stereocenters. The fourth-order valence-electron chi connectivity index (χ4n) is 2.78. The highest BCUT2D eigenvalue weighted by atomic mass is 35.5. The van der Waals surface area contributed by atoms with Crippen LogP contribution in [0.4, 0.5) is 0 Å². The molecule has 0 saturated heterocycles. The highest BCUT2D eigenvalue weighted by Crippen LogP contribution is 2.36. The van der Waals surface area contributed by atoms with Gasteiger partial charge in [0.1, 0.15) is 18.1 Å². The van der Waals surface area contributed by atoms with E-state index < -0.39 is 10.0 Å². The predicted octanol–water partition coefficient (Wildman–Crippen LogP) is 1.43. The second kappa shape index (κ2) is 7.04. The van der Waals surface area contributed by atoms with Crippen molar-refractivity contribution in [2.75, 3.05) is 13.2 Å². The smallest absolute Gasteiger partial charge is 0.244 e. The molecule has 0 amide bonds. The van der Waals surface area contributed by atoms with E-state index in [-0.39, 0.29) is 29.4 Å². The third kappa shape index (κ3) is 3.65. The Morgan fingerprint density at radius 1 is 1.09 bits per heavy atom. The standard InChI is InChI=1S/C14H20N2O4S.ClH/c15-10-4-6-11(7-5-10)16-21(17,18)13-3-1-2-12-14(13)20-9-8-19-12;/h1-3,10-11,16H,4-9,15H2;1H. The molecule has 0 atom stereocenters. The van der Waals surface area contributed by atoms with E-state index in [1.165, 1.54) is 0 Å². The molecule has 1 heterocycles. The van der Waals surface area contributed by atoms with Crippen molar-refractivity contribution in [2.24, 2.45) is 5.73 Å². The van der Waals surface area contributed by atoms with E-state index >= 15 is 0 Å². The molecule has 3 rings (SSSR count). The number of benzene rings is 1. The van der Waals surface area contributed by atoms with E-state index in [1.807, 2.05) is 0 Å². The van der Waals surface area contributed by atoms with Crippen molar-refractivity contribution >= 4 is 22.4 Å². The van der Waals surface area contributed by atoms with Gasteiger partial charge >= 0.3 is 0 Å². The lowest BCUT2D eigenvalue weighted by molar-refractivity contribution is 0.167. The van der Waals surface area contributed by atoms with Crippen LogP contribution in [0.25, 0.3) is 0 Å². The van der Waals surface area contributed by atoms with Crippen LogP contribution in [-0.2, 0) is 10.0 Å². The molecule has 1 fully saturated rings. The Morgan fingerprint density at radius 2 is 1.77 bits per heavy atom. The van der Waals surface area contributed by atoms with E-state index in [1.54, 1.807) is 18.2 Å². The number of hydrogen-bond acceptors (Lipinski definition) is 5. The van der Waals surface area contributed by atoms with Gasteiger partial charge in [-0.05, 0) is 37.8 Å². The lowest BCUT2D eigenvalue weighted by atomic mass is 9.93. The molecule has 1 aliphatic heterocycles. The van der Waals surface area contributed by atoms with Gasteiger partial charge in [0.25, 0.3) is 0 Å². The van der Waals surface area contributed by atoms with Gasteiger partial charge in [0.2, 0.25) is 10.0 Å². The summed E-state index contributed by atoms with van der Waals surface area (Å²) >= 11 is 0. The molecule has 1 aromatic rings. The Morgan fingerprint density at radius 3 is 2.50 bits per heavy atom. The third-order valence-electron chi connectivity index (χ3n) is 3.91. The van der Waals surface area contributed by atoms with Crippen molar-refractivity contribution in [3.05, 3.63) is 18.2 Å². The van der Waals surface area contributed by atoms with Crippen molar-refractivity contribution in [3.63, 3.8) is 0 Å². The molecule has 0 aromatic heterocycles. The summed E-state index contributed by atoms with van der Waals surface area (Å²) in [4.78, 5) is 0.148. The van der Waals surface area contributed by atoms with E-state index in [0.717, 1.165) is 25.7 Å². The Kier molecular flexibility index (Phi) is 5.55. The molecule has 0 radical (unpaired) electrons. The summed E-state index contributed by atoms with van der Waals surface area (Å²) in [5.41, 5.74) is 5.85. The number of sulfonamides is 1. The van der Waals surface area contributed by atoms with Crippen LogP contribution in [0, 0.1) is 0 Å².